The zero-order valence-electron chi connectivity index (χ0n) is 8.78. The summed E-state index contributed by atoms with van der Waals surface area (Å²) >= 11 is 19.6. The number of quaternary nitrogens is 1. The molecule has 0 atom stereocenters. The molecule has 1 aliphatic rings. The van der Waals surface area contributed by atoms with Crippen LogP contribution in [-0.2, 0) is 0 Å². The van der Waals surface area contributed by atoms with Gasteiger partial charge < -0.3 is 50.3 Å². The minimum absolute atomic E-state index is 1.34. The molecule has 0 amide bonds. The quantitative estimate of drug-likeness (QED) is 0.529. The van der Waals surface area contributed by atoms with Crippen LogP contribution in [0.15, 0.2) is 0 Å². The highest BCUT2D eigenvalue weighted by atomic mass is 35.6. The molecule has 14 heavy (non-hydrogen) atoms. The molecule has 1 heterocycles. The van der Waals surface area contributed by atoms with Gasteiger partial charge in [-0.3, -0.25) is 0 Å². The largest absolute Gasteiger partial charge is 0.332 e. The lowest BCUT2D eigenvalue weighted by molar-refractivity contribution is -0.897. The Kier molecular flexibility index (Phi) is 7.27. The Balaban J connectivity index is 0.000000292. The fourth-order valence-corrected chi connectivity index (χ4v) is 1.86. The molecule has 1 aliphatic heterocycles. The average Bonchev–Trinajstić information content (AvgIpc) is 2.33. The van der Waals surface area contributed by atoms with Crippen LogP contribution in [-0.4, -0.2) is 35.0 Å². The third-order valence-electron chi connectivity index (χ3n) is 2.41. The number of halogens is 4. The summed E-state index contributed by atoms with van der Waals surface area (Å²) < 4.78 is -0.767. The van der Waals surface area contributed by atoms with Crippen molar-refractivity contribution >= 4 is 49.6 Å². The summed E-state index contributed by atoms with van der Waals surface area (Å²) in [4.78, 5) is 0. The van der Waals surface area contributed by atoms with E-state index in [1.54, 1.807) is 0 Å². The van der Waals surface area contributed by atoms with Crippen LogP contribution in [0.3, 0.4) is 0 Å². The monoisotopic (exact) mass is 279 g/mol. The molecule has 0 radical (unpaired) electrons. The molecule has 0 spiro atoms. The zero-order valence-corrected chi connectivity index (χ0v) is 11.8. The number of likely N-dealkylation sites (tertiary alicyclic amines) is 1. The first-order valence-electron chi connectivity index (χ1n) is 4.98. The molecule has 1 saturated heterocycles. The second-order valence-corrected chi connectivity index (χ2v) is 7.95. The van der Waals surface area contributed by atoms with E-state index in [0.717, 1.165) is 0 Å². The van der Waals surface area contributed by atoms with E-state index in [1.807, 2.05) is 0 Å². The maximum atomic E-state index is 4.89. The molecule has 0 saturated carbocycles. The van der Waals surface area contributed by atoms with Crippen molar-refractivity contribution in [3.05, 3.63) is 0 Å². The summed E-state index contributed by atoms with van der Waals surface area (Å²) in [6, 6.07) is 0. The van der Waals surface area contributed by atoms with Crippen molar-refractivity contribution in [2.75, 3.05) is 26.7 Å². The van der Waals surface area contributed by atoms with E-state index >= 15 is 0 Å². The SMILES string of the molecule is CCC[N+]1(C)CCCC1.Cl[B-](Cl)(Cl)Cl. The van der Waals surface area contributed by atoms with Gasteiger partial charge in [-0.1, -0.05) is 6.92 Å². The van der Waals surface area contributed by atoms with Gasteiger partial charge in [-0.25, -0.2) is 0 Å². The second-order valence-electron chi connectivity index (χ2n) is 3.99. The molecule has 0 aromatic heterocycles. The van der Waals surface area contributed by atoms with Crippen LogP contribution in [0, 0.1) is 0 Å². The normalized spacial score (nSPS) is 20.1. The van der Waals surface area contributed by atoms with Crippen LogP contribution in [0.1, 0.15) is 26.2 Å². The van der Waals surface area contributed by atoms with Crippen LogP contribution >= 0.6 is 45.8 Å². The van der Waals surface area contributed by atoms with E-state index in [-0.39, 0.29) is 0 Å². The van der Waals surface area contributed by atoms with Crippen molar-refractivity contribution in [3.8, 4) is 0 Å². The summed E-state index contributed by atoms with van der Waals surface area (Å²) in [7, 11) is 2.39. The maximum Gasteiger partial charge on any atom is 0.328 e. The van der Waals surface area contributed by atoms with Crippen molar-refractivity contribution in [2.45, 2.75) is 26.2 Å². The third-order valence-corrected chi connectivity index (χ3v) is 2.41. The van der Waals surface area contributed by atoms with E-state index in [0.29, 0.717) is 0 Å². The standard InChI is InChI=1S/C8H18N.BCl4/c1-3-6-9(2)7-4-5-8-9;2-1(3,4)5/h3-8H2,1-2H3;/q+1;-1. The summed E-state index contributed by atoms with van der Waals surface area (Å²) in [5.41, 5.74) is 0. The van der Waals surface area contributed by atoms with Gasteiger partial charge in [-0.2, -0.15) is 0 Å². The third kappa shape index (κ3) is 9.73. The van der Waals surface area contributed by atoms with Crippen LogP contribution in [0.25, 0.3) is 0 Å². The van der Waals surface area contributed by atoms with Crippen LogP contribution in [0.5, 0.6) is 0 Å². The lowest BCUT2D eigenvalue weighted by Crippen LogP contribution is -2.41. The summed E-state index contributed by atoms with van der Waals surface area (Å²) in [6.07, 6.45) is 4.25. The molecule has 1 rings (SSSR count). The zero-order chi connectivity index (χ0) is 11.2. The van der Waals surface area contributed by atoms with E-state index in [2.05, 4.69) is 14.0 Å². The molecule has 1 fully saturated rings. The Morgan fingerprint density at radius 1 is 1.07 bits per heavy atom. The average molecular weight is 281 g/mol. The van der Waals surface area contributed by atoms with Crippen molar-refractivity contribution in [2.24, 2.45) is 0 Å². The molecule has 0 aromatic rings. The first-order valence-corrected chi connectivity index (χ1v) is 6.72. The number of hydrogen-bond acceptors (Lipinski definition) is 0. The van der Waals surface area contributed by atoms with Gasteiger partial charge >= 0.3 is 3.81 Å². The Morgan fingerprint density at radius 2 is 1.43 bits per heavy atom. The van der Waals surface area contributed by atoms with E-state index < -0.39 is 3.81 Å². The predicted molar refractivity (Wildman–Crippen MR) is 69.5 cm³/mol. The topological polar surface area (TPSA) is 0 Å². The Morgan fingerprint density at radius 3 is 1.71 bits per heavy atom. The lowest BCUT2D eigenvalue weighted by Gasteiger charge is -2.28. The highest BCUT2D eigenvalue weighted by Gasteiger charge is 2.24. The van der Waals surface area contributed by atoms with E-state index in [1.165, 1.54) is 43.4 Å². The number of nitrogens with zero attached hydrogens (tertiary/aromatic N) is 1. The minimum atomic E-state index is -2.11. The molecular weight excluding hydrogens is 263 g/mol. The molecule has 0 N–H and O–H groups in total. The Bertz CT molecular complexity index is 148. The molecule has 6 heteroatoms. The van der Waals surface area contributed by atoms with Crippen molar-refractivity contribution in [1.29, 1.82) is 0 Å². The maximum absolute atomic E-state index is 4.89. The van der Waals surface area contributed by atoms with Crippen LogP contribution < -0.4 is 0 Å². The summed E-state index contributed by atoms with van der Waals surface area (Å²) in [5, 5.41) is 0. The van der Waals surface area contributed by atoms with Gasteiger partial charge in [0.05, 0.1) is 26.7 Å². The van der Waals surface area contributed by atoms with Gasteiger partial charge in [-0.05, 0) is 6.42 Å². The molecule has 0 bridgehead atoms. The first-order chi connectivity index (χ1) is 6.27. The van der Waals surface area contributed by atoms with Crippen LogP contribution in [0.2, 0.25) is 0 Å². The number of hydrogen-bond donors (Lipinski definition) is 0. The Labute approximate surface area is 107 Å². The van der Waals surface area contributed by atoms with Crippen molar-refractivity contribution in [1.82, 2.24) is 0 Å². The highest BCUT2D eigenvalue weighted by Crippen LogP contribution is 2.23. The van der Waals surface area contributed by atoms with Crippen LogP contribution in [0.4, 0.5) is 0 Å². The minimum Gasteiger partial charge on any atom is -0.332 e. The summed E-state index contributed by atoms with van der Waals surface area (Å²) in [6.45, 7) is 6.52. The fraction of sp³-hybridized carbons (Fsp3) is 1.00. The molecule has 1 nitrogen and oxygen atoms in total. The van der Waals surface area contributed by atoms with Gasteiger partial charge in [0.25, 0.3) is 0 Å². The summed E-state index contributed by atoms with van der Waals surface area (Å²) in [5.74, 6) is 0. The fourth-order valence-electron chi connectivity index (χ4n) is 1.86. The second kappa shape index (κ2) is 6.70. The van der Waals surface area contributed by atoms with Gasteiger partial charge in [0.2, 0.25) is 0 Å². The van der Waals surface area contributed by atoms with Crippen molar-refractivity contribution in [3.63, 3.8) is 0 Å². The Hall–Kier alpha value is 1.18. The molecule has 86 valence electrons. The first kappa shape index (κ1) is 15.2. The van der Waals surface area contributed by atoms with E-state index in [9.17, 15) is 0 Å². The van der Waals surface area contributed by atoms with Gasteiger partial charge in [0, 0.05) is 12.8 Å². The molecule has 0 unspecified atom stereocenters. The molecular formula is C8H18BCl4N. The number of rotatable bonds is 2. The van der Waals surface area contributed by atoms with Crippen molar-refractivity contribution < 1.29 is 4.48 Å². The van der Waals surface area contributed by atoms with Gasteiger partial charge in [-0.15, -0.1) is 0 Å². The van der Waals surface area contributed by atoms with Gasteiger partial charge in [0.15, 0.2) is 0 Å². The molecule has 0 aliphatic carbocycles. The van der Waals surface area contributed by atoms with E-state index in [4.69, 9.17) is 45.8 Å². The van der Waals surface area contributed by atoms with Gasteiger partial charge in [0.1, 0.15) is 0 Å². The smallest absolute Gasteiger partial charge is 0.328 e. The lowest BCUT2D eigenvalue weighted by atomic mass is 10.4. The molecule has 0 aromatic carbocycles. The highest BCUT2D eigenvalue weighted by molar-refractivity contribution is 7.81. The predicted octanol–water partition coefficient (Wildman–Crippen LogP) is 4.01.